The van der Waals surface area contributed by atoms with Crippen molar-refractivity contribution < 1.29 is 19.3 Å². The second kappa shape index (κ2) is 5.58. The summed E-state index contributed by atoms with van der Waals surface area (Å²) in [4.78, 5) is 23.5. The van der Waals surface area contributed by atoms with Crippen LogP contribution in [0.1, 0.15) is 12.6 Å². The van der Waals surface area contributed by atoms with Crippen molar-refractivity contribution in [3.63, 3.8) is 0 Å². The Labute approximate surface area is 112 Å². The maximum absolute atomic E-state index is 13.5. The summed E-state index contributed by atoms with van der Waals surface area (Å²) in [5, 5.41) is 18.6. The highest BCUT2D eigenvalue weighted by atomic mass is 19.1. The standard InChI is InChI=1S/C12H13FN2O5/c1-2-3-14-11(18)7(13)5-15(12(14)19)10-4-8(17)9(6-16)20-10/h1,5,8-10,16-17H,3-4,6H2/t8?,9-,10-/m1/s1. The molecule has 0 amide bonds. The molecule has 1 fully saturated rings. The van der Waals surface area contributed by atoms with Gasteiger partial charge in [-0.1, -0.05) is 5.92 Å². The Morgan fingerprint density at radius 1 is 1.55 bits per heavy atom. The number of aromatic nitrogens is 2. The van der Waals surface area contributed by atoms with Gasteiger partial charge in [-0.2, -0.15) is 4.39 Å². The summed E-state index contributed by atoms with van der Waals surface area (Å²) in [5.41, 5.74) is -1.94. The number of nitrogens with zero attached hydrogens (tertiary/aromatic N) is 2. The van der Waals surface area contributed by atoms with E-state index in [1.807, 2.05) is 0 Å². The summed E-state index contributed by atoms with van der Waals surface area (Å²) >= 11 is 0. The molecule has 1 aromatic heterocycles. The predicted octanol–water partition coefficient (Wildman–Crippen LogP) is -1.58. The van der Waals surface area contributed by atoms with E-state index >= 15 is 0 Å². The van der Waals surface area contributed by atoms with Gasteiger partial charge in [0, 0.05) is 6.42 Å². The van der Waals surface area contributed by atoms with Crippen LogP contribution in [0.15, 0.2) is 15.8 Å². The average molecular weight is 284 g/mol. The predicted molar refractivity (Wildman–Crippen MR) is 65.4 cm³/mol. The van der Waals surface area contributed by atoms with Crippen molar-refractivity contribution >= 4 is 0 Å². The van der Waals surface area contributed by atoms with Gasteiger partial charge < -0.3 is 14.9 Å². The topological polar surface area (TPSA) is 93.7 Å². The summed E-state index contributed by atoms with van der Waals surface area (Å²) in [6, 6.07) is 0. The van der Waals surface area contributed by atoms with Crippen molar-refractivity contribution in [1.29, 1.82) is 0 Å². The molecule has 1 saturated heterocycles. The molecule has 2 N–H and O–H groups in total. The van der Waals surface area contributed by atoms with Gasteiger partial charge in [0.15, 0.2) is 0 Å². The lowest BCUT2D eigenvalue weighted by atomic mass is 10.2. The Morgan fingerprint density at radius 2 is 2.25 bits per heavy atom. The van der Waals surface area contributed by atoms with E-state index in [0.29, 0.717) is 4.57 Å². The minimum absolute atomic E-state index is 0.00116. The van der Waals surface area contributed by atoms with Crippen LogP contribution in [-0.2, 0) is 11.3 Å². The Morgan fingerprint density at radius 3 is 2.80 bits per heavy atom. The fraction of sp³-hybridized carbons (Fsp3) is 0.500. The molecule has 20 heavy (non-hydrogen) atoms. The minimum atomic E-state index is -1.15. The van der Waals surface area contributed by atoms with Gasteiger partial charge in [-0.25, -0.2) is 9.36 Å². The second-order valence-electron chi connectivity index (χ2n) is 4.38. The molecule has 0 radical (unpaired) electrons. The normalized spacial score (nSPS) is 25.6. The molecule has 2 rings (SSSR count). The molecule has 3 atom stereocenters. The average Bonchev–Trinajstić information content (AvgIpc) is 2.80. The molecule has 1 aromatic rings. The van der Waals surface area contributed by atoms with Crippen LogP contribution >= 0.6 is 0 Å². The largest absolute Gasteiger partial charge is 0.394 e. The van der Waals surface area contributed by atoms with Crippen molar-refractivity contribution in [1.82, 2.24) is 9.13 Å². The minimum Gasteiger partial charge on any atom is -0.394 e. The highest BCUT2D eigenvalue weighted by Gasteiger charge is 2.35. The Kier molecular flexibility index (Phi) is 4.04. The number of halogens is 1. The summed E-state index contributed by atoms with van der Waals surface area (Å²) < 4.78 is 20.2. The summed E-state index contributed by atoms with van der Waals surface area (Å²) in [6.45, 7) is -0.799. The third kappa shape index (κ3) is 2.38. The lowest BCUT2D eigenvalue weighted by molar-refractivity contribution is -0.0466. The molecule has 0 spiro atoms. The van der Waals surface area contributed by atoms with E-state index in [-0.39, 0.29) is 13.0 Å². The maximum Gasteiger partial charge on any atom is 0.334 e. The zero-order chi connectivity index (χ0) is 14.9. The molecule has 0 saturated carbocycles. The number of hydrogen-bond donors (Lipinski definition) is 2. The summed E-state index contributed by atoms with van der Waals surface area (Å²) in [5.74, 6) is 0.944. The number of terminal acetylenes is 1. The maximum atomic E-state index is 13.5. The number of ether oxygens (including phenoxy) is 1. The van der Waals surface area contributed by atoms with E-state index in [1.165, 1.54) is 0 Å². The van der Waals surface area contributed by atoms with E-state index in [1.54, 1.807) is 0 Å². The second-order valence-corrected chi connectivity index (χ2v) is 4.38. The van der Waals surface area contributed by atoms with Gasteiger partial charge in [0.1, 0.15) is 12.3 Å². The number of aliphatic hydroxyl groups excluding tert-OH is 2. The highest BCUT2D eigenvalue weighted by Crippen LogP contribution is 2.27. The van der Waals surface area contributed by atoms with Crippen molar-refractivity contribution in [2.45, 2.75) is 31.4 Å². The molecule has 0 aliphatic carbocycles. The third-order valence-corrected chi connectivity index (χ3v) is 3.10. The van der Waals surface area contributed by atoms with Crippen LogP contribution in [-0.4, -0.2) is 38.2 Å². The van der Waals surface area contributed by atoms with E-state index in [4.69, 9.17) is 16.3 Å². The lowest BCUT2D eigenvalue weighted by Crippen LogP contribution is -2.42. The van der Waals surface area contributed by atoms with Gasteiger partial charge in [0.25, 0.3) is 5.56 Å². The van der Waals surface area contributed by atoms with Gasteiger partial charge in [-0.05, 0) is 0 Å². The first-order valence-electron chi connectivity index (χ1n) is 5.89. The summed E-state index contributed by atoms with van der Waals surface area (Å²) in [6.07, 6.45) is 2.95. The molecule has 0 bridgehead atoms. The zero-order valence-corrected chi connectivity index (χ0v) is 10.4. The molecule has 1 unspecified atom stereocenters. The van der Waals surface area contributed by atoms with Crippen LogP contribution in [0, 0.1) is 18.2 Å². The lowest BCUT2D eigenvalue weighted by Gasteiger charge is -2.15. The third-order valence-electron chi connectivity index (χ3n) is 3.10. The van der Waals surface area contributed by atoms with Crippen molar-refractivity contribution in [2.75, 3.05) is 6.61 Å². The first kappa shape index (κ1) is 14.5. The van der Waals surface area contributed by atoms with Crippen LogP contribution in [0.5, 0.6) is 0 Å². The van der Waals surface area contributed by atoms with E-state index in [2.05, 4.69) is 5.92 Å². The molecule has 0 aromatic carbocycles. The van der Waals surface area contributed by atoms with Crippen LogP contribution in [0.25, 0.3) is 0 Å². The SMILES string of the molecule is C#CCn1c(=O)c(F)cn([C@H]2CC(O)[C@@H](CO)O2)c1=O. The van der Waals surface area contributed by atoms with Crippen LogP contribution < -0.4 is 11.2 Å². The van der Waals surface area contributed by atoms with Crippen LogP contribution in [0.2, 0.25) is 0 Å². The van der Waals surface area contributed by atoms with E-state index < -0.39 is 42.1 Å². The highest BCUT2D eigenvalue weighted by molar-refractivity contribution is 4.96. The molecule has 8 heteroatoms. The monoisotopic (exact) mass is 284 g/mol. The Balaban J connectivity index is 2.47. The number of rotatable bonds is 3. The van der Waals surface area contributed by atoms with Gasteiger partial charge in [-0.15, -0.1) is 6.42 Å². The van der Waals surface area contributed by atoms with Crippen molar-refractivity contribution in [2.24, 2.45) is 0 Å². The molecule has 1 aliphatic rings. The summed E-state index contributed by atoms with van der Waals surface area (Å²) in [7, 11) is 0. The van der Waals surface area contributed by atoms with Crippen LogP contribution in [0.4, 0.5) is 4.39 Å². The molecule has 2 heterocycles. The fourth-order valence-electron chi connectivity index (χ4n) is 2.07. The number of aliphatic hydroxyl groups is 2. The van der Waals surface area contributed by atoms with E-state index in [0.717, 1.165) is 10.8 Å². The Hall–Kier alpha value is -1.95. The molecule has 1 aliphatic heterocycles. The zero-order valence-electron chi connectivity index (χ0n) is 10.4. The molecular formula is C12H13FN2O5. The van der Waals surface area contributed by atoms with Gasteiger partial charge in [-0.3, -0.25) is 9.36 Å². The van der Waals surface area contributed by atoms with Gasteiger partial charge >= 0.3 is 5.69 Å². The smallest absolute Gasteiger partial charge is 0.334 e. The Bertz CT molecular complexity index is 659. The van der Waals surface area contributed by atoms with Crippen LogP contribution in [0.3, 0.4) is 0 Å². The molecule has 108 valence electrons. The van der Waals surface area contributed by atoms with Gasteiger partial charge in [0.05, 0.1) is 25.5 Å². The van der Waals surface area contributed by atoms with Crippen molar-refractivity contribution in [3.05, 3.63) is 32.9 Å². The molecule has 7 nitrogen and oxygen atoms in total. The van der Waals surface area contributed by atoms with E-state index in [9.17, 15) is 19.1 Å². The van der Waals surface area contributed by atoms with Gasteiger partial charge in [0.2, 0.25) is 5.82 Å². The molecular weight excluding hydrogens is 271 g/mol. The number of hydrogen-bond acceptors (Lipinski definition) is 5. The fourth-order valence-corrected chi connectivity index (χ4v) is 2.07. The van der Waals surface area contributed by atoms with Crippen molar-refractivity contribution in [3.8, 4) is 12.3 Å². The first-order valence-corrected chi connectivity index (χ1v) is 5.89. The first-order chi connectivity index (χ1) is 9.49. The quantitative estimate of drug-likeness (QED) is 0.654.